The number of allylic oxidation sites excluding steroid dienone is 2. The molecule has 0 unspecified atom stereocenters. The summed E-state index contributed by atoms with van der Waals surface area (Å²) in [5, 5.41) is 0. The predicted molar refractivity (Wildman–Crippen MR) is 206 cm³/mol. The SMILES string of the molecule is CCCCCCCCC1=C(c2cccc(CCCC)c2)[N+](=[N-])C(c2cccc(CCCC)c2)=C1CCCC.[CH2-]CCC.[CH2-]CCC.[Ni+2]. The Morgan fingerprint density at radius 2 is 0.851 bits per heavy atom. The van der Waals surface area contributed by atoms with Crippen LogP contribution in [0.1, 0.15) is 179 Å². The molecule has 0 bridgehead atoms. The molecule has 0 spiro atoms. The molecule has 2 aromatic carbocycles. The monoisotopic (exact) mass is 684 g/mol. The molecule has 3 heteroatoms. The normalized spacial score (nSPS) is 12.4. The van der Waals surface area contributed by atoms with E-state index in [0.717, 1.165) is 73.9 Å². The van der Waals surface area contributed by atoms with Crippen molar-refractivity contribution in [3.63, 3.8) is 0 Å². The number of rotatable bonds is 20. The van der Waals surface area contributed by atoms with Gasteiger partial charge in [0.25, 0.3) is 0 Å². The first-order valence-corrected chi connectivity index (χ1v) is 19.2. The van der Waals surface area contributed by atoms with Crippen molar-refractivity contribution >= 4 is 11.4 Å². The summed E-state index contributed by atoms with van der Waals surface area (Å²) >= 11 is 0. The quantitative estimate of drug-likeness (QED) is 0.0574. The van der Waals surface area contributed by atoms with Crippen molar-refractivity contribution in [3.8, 4) is 0 Å². The Kier molecular flexibility index (Phi) is 27.8. The second-order valence-electron chi connectivity index (χ2n) is 12.9. The van der Waals surface area contributed by atoms with Gasteiger partial charge in [0.1, 0.15) is 0 Å². The van der Waals surface area contributed by atoms with Crippen LogP contribution in [0.25, 0.3) is 16.9 Å². The number of nitrogens with zero attached hydrogens (tertiary/aromatic N) is 2. The molecule has 0 fully saturated rings. The van der Waals surface area contributed by atoms with Gasteiger partial charge in [-0.3, -0.25) is 0 Å². The van der Waals surface area contributed by atoms with Crippen molar-refractivity contribution in [2.75, 3.05) is 0 Å². The molecule has 1 aliphatic rings. The summed E-state index contributed by atoms with van der Waals surface area (Å²) in [5.74, 6) is 0. The van der Waals surface area contributed by atoms with E-state index in [4.69, 9.17) is 0 Å². The fraction of sp³-hybridized carbons (Fsp3) is 0.591. The zero-order valence-corrected chi connectivity index (χ0v) is 32.4. The molecule has 0 N–H and O–H groups in total. The van der Waals surface area contributed by atoms with Crippen molar-refractivity contribution < 1.29 is 21.2 Å². The van der Waals surface area contributed by atoms with E-state index in [0.29, 0.717) is 0 Å². The first kappa shape index (κ1) is 45.0. The predicted octanol–water partition coefficient (Wildman–Crippen LogP) is 14.7. The number of hydrogen-bond donors (Lipinski definition) is 0. The Morgan fingerprint density at radius 3 is 1.26 bits per heavy atom. The summed E-state index contributed by atoms with van der Waals surface area (Å²) < 4.78 is 1.56. The van der Waals surface area contributed by atoms with E-state index >= 15 is 0 Å². The Hall–Kier alpha value is -1.99. The summed E-state index contributed by atoms with van der Waals surface area (Å²) in [4.78, 5) is 0. The summed E-state index contributed by atoms with van der Waals surface area (Å²) in [7, 11) is 0. The second-order valence-corrected chi connectivity index (χ2v) is 12.9. The van der Waals surface area contributed by atoms with Crippen LogP contribution in [0, 0.1) is 13.8 Å². The molecule has 0 atom stereocenters. The van der Waals surface area contributed by atoms with E-state index < -0.39 is 0 Å². The van der Waals surface area contributed by atoms with Gasteiger partial charge >= 0.3 is 16.5 Å². The number of benzene rings is 2. The minimum atomic E-state index is 0. The van der Waals surface area contributed by atoms with E-state index in [2.05, 4.69) is 104 Å². The molecule has 0 aliphatic carbocycles. The van der Waals surface area contributed by atoms with Crippen LogP contribution < -0.4 is 0 Å². The van der Waals surface area contributed by atoms with Gasteiger partial charge in [-0.15, -0.1) is 0 Å². The summed E-state index contributed by atoms with van der Waals surface area (Å²) in [5.41, 5.74) is 21.8. The van der Waals surface area contributed by atoms with Gasteiger partial charge in [0.15, 0.2) is 0 Å². The van der Waals surface area contributed by atoms with Crippen LogP contribution in [-0.4, -0.2) is 4.70 Å². The first-order valence-electron chi connectivity index (χ1n) is 19.2. The van der Waals surface area contributed by atoms with Crippen LogP contribution in [0.15, 0.2) is 59.7 Å². The molecule has 0 amide bonds. The van der Waals surface area contributed by atoms with Crippen LogP contribution in [0.3, 0.4) is 0 Å². The molecule has 0 saturated carbocycles. The van der Waals surface area contributed by atoms with E-state index in [-0.39, 0.29) is 16.5 Å². The smallest absolute Gasteiger partial charge is 0.493 e. The van der Waals surface area contributed by atoms with Gasteiger partial charge < -0.3 is 19.4 Å². The first-order chi connectivity index (χ1) is 22.5. The van der Waals surface area contributed by atoms with Gasteiger partial charge in [-0.25, -0.2) is 4.70 Å². The third-order valence-electron chi connectivity index (χ3n) is 8.67. The van der Waals surface area contributed by atoms with Gasteiger partial charge in [0.05, 0.1) is 0 Å². The van der Waals surface area contributed by atoms with Crippen LogP contribution in [0.5, 0.6) is 0 Å². The molecule has 2 aromatic rings. The molecule has 266 valence electrons. The number of aryl methyl sites for hydroxylation is 2. The Morgan fingerprint density at radius 1 is 0.489 bits per heavy atom. The minimum absolute atomic E-state index is 0. The van der Waals surface area contributed by atoms with Crippen LogP contribution >= 0.6 is 0 Å². The van der Waals surface area contributed by atoms with Gasteiger partial charge in [0.2, 0.25) is 11.4 Å². The fourth-order valence-corrected chi connectivity index (χ4v) is 5.73. The molecular weight excluding hydrogens is 615 g/mol. The van der Waals surface area contributed by atoms with E-state index in [1.807, 2.05) is 0 Å². The number of unbranched alkanes of at least 4 members (excludes halogenated alkanes) is 10. The van der Waals surface area contributed by atoms with Crippen molar-refractivity contribution in [2.24, 2.45) is 0 Å². The molecule has 3 rings (SSSR count). The van der Waals surface area contributed by atoms with E-state index in [9.17, 15) is 5.53 Å². The van der Waals surface area contributed by atoms with Gasteiger partial charge in [-0.2, -0.15) is 12.8 Å². The summed E-state index contributed by atoms with van der Waals surface area (Å²) in [6, 6.07) is 17.9. The maximum Gasteiger partial charge on any atom is 2.00 e. The standard InChI is InChI=1S/C36H52N2.2C4H9.Ni/c1-5-9-13-14-15-16-26-34-33(25-12-8-4)35(31-23-17-21-29(27-31)19-10-6-2)38(37)36(34)32-24-18-22-30(28-32)20-11-7-3;2*1-3-4-2;/h17-18,21-24,27-28H,5-16,19-20,25-26H2,1-4H3;2*1,3-4H2,2H3;/q;2*-1;+2. The topological polar surface area (TPSA) is 25.3 Å². The average Bonchev–Trinajstić information content (AvgIpc) is 3.37. The van der Waals surface area contributed by atoms with Crippen molar-refractivity contribution in [2.45, 2.75) is 170 Å². The molecule has 2 nitrogen and oxygen atoms in total. The van der Waals surface area contributed by atoms with E-state index in [1.54, 1.807) is 4.70 Å². The van der Waals surface area contributed by atoms with Crippen LogP contribution in [0.4, 0.5) is 0 Å². The van der Waals surface area contributed by atoms with Crippen LogP contribution in [-0.2, 0) is 29.3 Å². The Balaban J connectivity index is 0.00000211. The zero-order chi connectivity index (χ0) is 34.0. The van der Waals surface area contributed by atoms with Gasteiger partial charge in [0, 0.05) is 22.3 Å². The largest absolute Gasteiger partial charge is 2.00 e. The zero-order valence-electron chi connectivity index (χ0n) is 31.4. The average molecular weight is 686 g/mol. The molecule has 47 heavy (non-hydrogen) atoms. The molecule has 1 aliphatic heterocycles. The molecular formula is C44H70N2Ni. The van der Waals surface area contributed by atoms with Gasteiger partial charge in [-0.1, -0.05) is 130 Å². The van der Waals surface area contributed by atoms with Crippen LogP contribution in [0.2, 0.25) is 0 Å². The third-order valence-corrected chi connectivity index (χ3v) is 8.67. The fourth-order valence-electron chi connectivity index (χ4n) is 5.73. The third kappa shape index (κ3) is 16.8. The minimum Gasteiger partial charge on any atom is -0.493 e. The number of hydrogen-bond acceptors (Lipinski definition) is 0. The Bertz CT molecular complexity index is 1150. The molecule has 0 radical (unpaired) electrons. The maximum absolute atomic E-state index is 11.9. The summed E-state index contributed by atoms with van der Waals surface area (Å²) in [6.45, 7) is 20.5. The molecule has 1 heterocycles. The Labute approximate surface area is 302 Å². The van der Waals surface area contributed by atoms with Crippen molar-refractivity contribution in [1.29, 1.82) is 0 Å². The molecule has 0 saturated heterocycles. The van der Waals surface area contributed by atoms with Gasteiger partial charge in [-0.05, 0) is 86.8 Å². The van der Waals surface area contributed by atoms with E-state index in [1.165, 1.54) is 99.3 Å². The van der Waals surface area contributed by atoms with Crippen molar-refractivity contribution in [1.82, 2.24) is 0 Å². The maximum atomic E-state index is 11.9. The van der Waals surface area contributed by atoms with Crippen molar-refractivity contribution in [3.05, 3.63) is 101 Å². The summed E-state index contributed by atoms with van der Waals surface area (Å²) in [6.07, 6.45) is 23.6. The second kappa shape index (κ2) is 29.0. The molecule has 0 aromatic heterocycles.